The number of hydrogen-bond donors (Lipinski definition) is 1. The highest BCUT2D eigenvalue weighted by molar-refractivity contribution is 6.20. The summed E-state index contributed by atoms with van der Waals surface area (Å²) in [5.41, 5.74) is 0. The van der Waals surface area contributed by atoms with Crippen LogP contribution in [0.3, 0.4) is 0 Å². The molecule has 2 atom stereocenters. The van der Waals surface area contributed by atoms with E-state index in [9.17, 15) is 4.79 Å². The molecule has 1 rings (SSSR count). The first-order valence-electron chi connectivity index (χ1n) is 5.77. The molecule has 0 aromatic carbocycles. The van der Waals surface area contributed by atoms with E-state index in [1.807, 2.05) is 0 Å². The lowest BCUT2D eigenvalue weighted by atomic mass is 10.1. The number of rotatable bonds is 5. The van der Waals surface area contributed by atoms with Gasteiger partial charge in [0, 0.05) is 13.2 Å². The Hall–Kier alpha value is -0.280. The van der Waals surface area contributed by atoms with Crippen LogP contribution in [0.2, 0.25) is 0 Å². The van der Waals surface area contributed by atoms with Crippen LogP contribution in [-0.4, -0.2) is 30.5 Å². The molecule has 1 heterocycles. The molecule has 1 saturated heterocycles. The van der Waals surface area contributed by atoms with Gasteiger partial charge >= 0.3 is 0 Å². The van der Waals surface area contributed by atoms with Crippen molar-refractivity contribution in [3.63, 3.8) is 0 Å². The van der Waals surface area contributed by atoms with Crippen molar-refractivity contribution in [1.82, 2.24) is 5.32 Å². The number of halogens is 1. The van der Waals surface area contributed by atoms with Crippen LogP contribution in [0.1, 0.15) is 39.0 Å². The van der Waals surface area contributed by atoms with Gasteiger partial charge in [0.15, 0.2) is 0 Å². The average molecular weight is 234 g/mol. The zero-order chi connectivity index (χ0) is 11.1. The Morgan fingerprint density at radius 3 is 3.00 bits per heavy atom. The molecule has 1 aliphatic rings. The molecule has 0 saturated carbocycles. The van der Waals surface area contributed by atoms with Crippen LogP contribution < -0.4 is 5.32 Å². The van der Waals surface area contributed by atoms with E-state index in [2.05, 4.69) is 12.2 Å². The molecule has 0 spiro atoms. The van der Waals surface area contributed by atoms with E-state index in [1.165, 1.54) is 0 Å². The maximum Gasteiger partial charge on any atom is 0.249 e. The van der Waals surface area contributed by atoms with E-state index < -0.39 is 0 Å². The van der Waals surface area contributed by atoms with Crippen molar-refractivity contribution in [3.05, 3.63) is 0 Å². The Bertz CT molecular complexity index is 193. The Labute approximate surface area is 96.5 Å². The van der Waals surface area contributed by atoms with Crippen LogP contribution >= 0.6 is 11.6 Å². The summed E-state index contributed by atoms with van der Waals surface area (Å²) in [4.78, 5) is 11.6. The Morgan fingerprint density at radius 2 is 2.40 bits per heavy atom. The zero-order valence-electron chi connectivity index (χ0n) is 9.30. The van der Waals surface area contributed by atoms with Crippen LogP contribution in [0.15, 0.2) is 0 Å². The van der Waals surface area contributed by atoms with Gasteiger partial charge in [-0.1, -0.05) is 13.3 Å². The normalized spacial score (nSPS) is 23.5. The predicted octanol–water partition coefficient (Wildman–Crippen LogP) is 2.08. The minimum absolute atomic E-state index is 0.00328. The van der Waals surface area contributed by atoms with E-state index >= 15 is 0 Å². The molecule has 1 N–H and O–H groups in total. The molecule has 0 bridgehead atoms. The summed E-state index contributed by atoms with van der Waals surface area (Å²) in [7, 11) is 0. The molecule has 1 aliphatic heterocycles. The summed E-state index contributed by atoms with van der Waals surface area (Å²) in [6.07, 6.45) is 4.73. The fourth-order valence-corrected chi connectivity index (χ4v) is 1.98. The standard InChI is InChI=1S/C11H20ClNO2/c1-2-5-9(12)8-13-11(14)10-6-3-4-7-15-10/h9-10H,2-8H2,1H3,(H,13,14). The van der Waals surface area contributed by atoms with E-state index in [1.54, 1.807) is 0 Å². The summed E-state index contributed by atoms with van der Waals surface area (Å²) in [5, 5.41) is 2.89. The van der Waals surface area contributed by atoms with Crippen molar-refractivity contribution >= 4 is 17.5 Å². The van der Waals surface area contributed by atoms with Crippen molar-refractivity contribution in [2.45, 2.75) is 50.5 Å². The second-order valence-corrected chi connectivity index (χ2v) is 4.60. The number of nitrogens with one attached hydrogen (secondary N) is 1. The quantitative estimate of drug-likeness (QED) is 0.739. The SMILES string of the molecule is CCCC(Cl)CNC(=O)C1CCCCO1. The van der Waals surface area contributed by atoms with Crippen molar-refractivity contribution in [2.75, 3.05) is 13.2 Å². The number of ether oxygens (including phenoxy) is 1. The molecule has 3 nitrogen and oxygen atoms in total. The highest BCUT2D eigenvalue weighted by atomic mass is 35.5. The first-order valence-corrected chi connectivity index (χ1v) is 6.21. The number of hydrogen-bond acceptors (Lipinski definition) is 2. The van der Waals surface area contributed by atoms with Crippen molar-refractivity contribution in [2.24, 2.45) is 0 Å². The molecular weight excluding hydrogens is 214 g/mol. The Kier molecular flexibility index (Phi) is 6.03. The van der Waals surface area contributed by atoms with Crippen LogP contribution in [0, 0.1) is 0 Å². The van der Waals surface area contributed by atoms with Gasteiger partial charge in [-0.15, -0.1) is 11.6 Å². The highest BCUT2D eigenvalue weighted by Crippen LogP contribution is 2.12. The van der Waals surface area contributed by atoms with E-state index in [0.717, 1.165) is 32.1 Å². The van der Waals surface area contributed by atoms with Crippen molar-refractivity contribution in [1.29, 1.82) is 0 Å². The van der Waals surface area contributed by atoms with Gasteiger partial charge in [-0.2, -0.15) is 0 Å². The zero-order valence-corrected chi connectivity index (χ0v) is 10.1. The maximum absolute atomic E-state index is 11.6. The number of amides is 1. The summed E-state index contributed by atoms with van der Waals surface area (Å²) in [6.45, 7) is 3.34. The molecule has 1 fully saturated rings. The molecule has 88 valence electrons. The molecule has 15 heavy (non-hydrogen) atoms. The van der Waals surface area contributed by atoms with Gasteiger partial charge in [0.25, 0.3) is 0 Å². The van der Waals surface area contributed by atoms with E-state index in [4.69, 9.17) is 16.3 Å². The molecule has 0 aromatic heterocycles. The lowest BCUT2D eigenvalue weighted by Gasteiger charge is -2.22. The van der Waals surface area contributed by atoms with Gasteiger partial charge in [0.05, 0.1) is 5.38 Å². The smallest absolute Gasteiger partial charge is 0.249 e. The summed E-state index contributed by atoms with van der Waals surface area (Å²) >= 11 is 6.01. The van der Waals surface area contributed by atoms with Gasteiger partial charge in [-0.25, -0.2) is 0 Å². The first-order chi connectivity index (χ1) is 7.24. The lowest BCUT2D eigenvalue weighted by Crippen LogP contribution is -2.40. The second kappa shape index (κ2) is 7.07. The van der Waals surface area contributed by atoms with Crippen LogP contribution in [0.5, 0.6) is 0 Å². The average Bonchev–Trinajstić information content (AvgIpc) is 2.27. The monoisotopic (exact) mass is 233 g/mol. The van der Waals surface area contributed by atoms with Gasteiger partial charge in [-0.05, 0) is 25.7 Å². The van der Waals surface area contributed by atoms with Crippen molar-refractivity contribution < 1.29 is 9.53 Å². The third-order valence-electron chi connectivity index (χ3n) is 2.57. The third-order valence-corrected chi connectivity index (χ3v) is 2.94. The second-order valence-electron chi connectivity index (χ2n) is 3.99. The molecule has 0 aliphatic carbocycles. The minimum atomic E-state index is -0.246. The van der Waals surface area contributed by atoms with Crippen LogP contribution in [-0.2, 0) is 9.53 Å². The molecule has 0 aromatic rings. The van der Waals surface area contributed by atoms with Gasteiger partial charge in [-0.3, -0.25) is 4.79 Å². The molecule has 0 radical (unpaired) electrons. The number of carbonyl (C=O) groups is 1. The Morgan fingerprint density at radius 1 is 1.60 bits per heavy atom. The molecule has 4 heteroatoms. The third kappa shape index (κ3) is 4.85. The first kappa shape index (κ1) is 12.8. The van der Waals surface area contributed by atoms with E-state index in [-0.39, 0.29) is 17.4 Å². The number of alkyl halides is 1. The fourth-order valence-electron chi connectivity index (χ4n) is 1.69. The van der Waals surface area contributed by atoms with Crippen LogP contribution in [0.4, 0.5) is 0 Å². The number of carbonyl (C=O) groups excluding carboxylic acids is 1. The lowest BCUT2D eigenvalue weighted by molar-refractivity contribution is -0.135. The molecule has 1 amide bonds. The molecular formula is C11H20ClNO2. The molecule has 2 unspecified atom stereocenters. The van der Waals surface area contributed by atoms with Gasteiger partial charge in [0.1, 0.15) is 6.10 Å². The van der Waals surface area contributed by atoms with Crippen molar-refractivity contribution in [3.8, 4) is 0 Å². The predicted molar refractivity (Wildman–Crippen MR) is 61.1 cm³/mol. The minimum Gasteiger partial charge on any atom is -0.368 e. The Balaban J connectivity index is 2.16. The summed E-state index contributed by atoms with van der Waals surface area (Å²) < 4.78 is 5.38. The summed E-state index contributed by atoms with van der Waals surface area (Å²) in [6, 6.07) is 0. The highest BCUT2D eigenvalue weighted by Gasteiger charge is 2.21. The fraction of sp³-hybridized carbons (Fsp3) is 0.909. The largest absolute Gasteiger partial charge is 0.368 e. The van der Waals surface area contributed by atoms with Gasteiger partial charge in [0.2, 0.25) is 5.91 Å². The van der Waals surface area contributed by atoms with E-state index in [0.29, 0.717) is 13.2 Å². The topological polar surface area (TPSA) is 38.3 Å². The summed E-state index contributed by atoms with van der Waals surface area (Å²) in [5.74, 6) is -0.00328. The van der Waals surface area contributed by atoms with Gasteiger partial charge < -0.3 is 10.1 Å². The maximum atomic E-state index is 11.6. The van der Waals surface area contributed by atoms with Crippen LogP contribution in [0.25, 0.3) is 0 Å².